The van der Waals surface area contributed by atoms with E-state index in [2.05, 4.69) is 0 Å². The maximum absolute atomic E-state index is 11.7. The molecular formula is C6H9F3O5. The van der Waals surface area contributed by atoms with Crippen LogP contribution in [-0.2, 0) is 4.79 Å². The molecule has 0 aliphatic rings. The molecule has 0 aromatic rings. The highest BCUT2D eigenvalue weighted by Gasteiger charge is 2.46. The van der Waals surface area contributed by atoms with Gasteiger partial charge >= 0.3 is 6.18 Å². The normalized spacial score (nSPS) is 21.1. The van der Waals surface area contributed by atoms with Crippen LogP contribution in [-0.4, -0.2) is 57.3 Å². The first-order chi connectivity index (χ1) is 6.21. The molecule has 14 heavy (non-hydrogen) atoms. The summed E-state index contributed by atoms with van der Waals surface area (Å²) in [5.74, 6) is 0. The van der Waals surface area contributed by atoms with Crippen molar-refractivity contribution in [3.8, 4) is 0 Å². The largest absolute Gasteiger partial charge is 0.417 e. The highest BCUT2D eigenvalue weighted by molar-refractivity contribution is 5.56. The number of carbonyl (C=O) groups excluding carboxylic acids is 1. The topological polar surface area (TPSA) is 98.0 Å². The molecular weight excluding hydrogens is 209 g/mol. The molecule has 0 aliphatic heterocycles. The van der Waals surface area contributed by atoms with E-state index in [1.807, 2.05) is 0 Å². The molecule has 84 valence electrons. The fourth-order valence-electron chi connectivity index (χ4n) is 0.663. The molecule has 0 rings (SSSR count). The van der Waals surface area contributed by atoms with Gasteiger partial charge in [-0.25, -0.2) is 0 Å². The van der Waals surface area contributed by atoms with Gasteiger partial charge in [-0.05, 0) is 0 Å². The minimum absolute atomic E-state index is 0.253. The number of aldehydes is 1. The number of alkyl halides is 3. The van der Waals surface area contributed by atoms with E-state index < -0.39 is 30.6 Å². The maximum Gasteiger partial charge on any atom is 0.417 e. The molecule has 0 aromatic carbocycles. The molecule has 0 heterocycles. The quantitative estimate of drug-likeness (QED) is 0.417. The van der Waals surface area contributed by atoms with Gasteiger partial charge in [-0.15, -0.1) is 0 Å². The average Bonchev–Trinajstić information content (AvgIpc) is 2.11. The highest BCUT2D eigenvalue weighted by Crippen LogP contribution is 2.24. The first kappa shape index (κ1) is 13.3. The summed E-state index contributed by atoms with van der Waals surface area (Å²) < 4.78 is 35.2. The van der Waals surface area contributed by atoms with Crippen LogP contribution in [0.5, 0.6) is 0 Å². The molecule has 0 saturated carbocycles. The predicted octanol–water partition coefficient (Wildman–Crippen LogP) is -1.81. The van der Waals surface area contributed by atoms with Crippen LogP contribution in [0.4, 0.5) is 13.2 Å². The van der Waals surface area contributed by atoms with E-state index in [0.717, 1.165) is 0 Å². The van der Waals surface area contributed by atoms with Crippen molar-refractivity contribution in [3.05, 3.63) is 0 Å². The van der Waals surface area contributed by atoms with Crippen molar-refractivity contribution in [1.29, 1.82) is 0 Å². The lowest BCUT2D eigenvalue weighted by Crippen LogP contribution is -2.50. The third-order valence-electron chi connectivity index (χ3n) is 1.50. The van der Waals surface area contributed by atoms with Crippen LogP contribution >= 0.6 is 0 Å². The lowest BCUT2D eigenvalue weighted by molar-refractivity contribution is -0.246. The Morgan fingerprint density at radius 2 is 1.43 bits per heavy atom. The molecule has 0 aliphatic carbocycles. The van der Waals surface area contributed by atoms with Crippen molar-refractivity contribution >= 4 is 6.29 Å². The minimum atomic E-state index is -5.14. The highest BCUT2D eigenvalue weighted by atomic mass is 19.4. The molecule has 8 heteroatoms. The Morgan fingerprint density at radius 1 is 1.00 bits per heavy atom. The summed E-state index contributed by atoms with van der Waals surface area (Å²) in [6.07, 6.45) is -15.8. The van der Waals surface area contributed by atoms with Gasteiger partial charge in [0.05, 0.1) is 0 Å². The average molecular weight is 218 g/mol. The van der Waals surface area contributed by atoms with E-state index in [9.17, 15) is 18.0 Å². The van der Waals surface area contributed by atoms with Crippen molar-refractivity contribution in [2.75, 3.05) is 0 Å². The van der Waals surface area contributed by atoms with Gasteiger partial charge in [-0.3, -0.25) is 0 Å². The van der Waals surface area contributed by atoms with Crippen molar-refractivity contribution in [3.63, 3.8) is 0 Å². The second-order valence-electron chi connectivity index (χ2n) is 2.59. The van der Waals surface area contributed by atoms with E-state index in [4.69, 9.17) is 20.4 Å². The lowest BCUT2D eigenvalue weighted by Gasteiger charge is -2.25. The van der Waals surface area contributed by atoms with Crippen LogP contribution in [0.15, 0.2) is 0 Å². The van der Waals surface area contributed by atoms with E-state index in [-0.39, 0.29) is 6.29 Å². The summed E-state index contributed by atoms with van der Waals surface area (Å²) in [5, 5.41) is 34.4. The second kappa shape index (κ2) is 4.69. The summed E-state index contributed by atoms with van der Waals surface area (Å²) in [7, 11) is 0. The van der Waals surface area contributed by atoms with E-state index in [1.54, 1.807) is 0 Å². The summed E-state index contributed by atoms with van der Waals surface area (Å²) in [5.41, 5.74) is 0. The predicted molar refractivity (Wildman–Crippen MR) is 36.1 cm³/mol. The van der Waals surface area contributed by atoms with Gasteiger partial charge in [0.1, 0.15) is 18.3 Å². The summed E-state index contributed by atoms with van der Waals surface area (Å²) in [6.45, 7) is 0. The molecule has 0 spiro atoms. The lowest BCUT2D eigenvalue weighted by atomic mass is 10.0. The SMILES string of the molecule is O=C[C@H](O)[C@@H](O)[C@@H](O)[C@H](O)C(F)(F)F. The zero-order valence-corrected chi connectivity index (χ0v) is 6.72. The van der Waals surface area contributed by atoms with Gasteiger partial charge in [0.15, 0.2) is 12.4 Å². The standard InChI is InChI=1S/C6H9F3O5/c7-6(8,9)5(14)4(13)3(12)2(11)1-10/h1-5,11-14H/t2-,3+,4+,5-/m0/s1. The van der Waals surface area contributed by atoms with Gasteiger partial charge in [0.25, 0.3) is 0 Å². The number of rotatable bonds is 4. The van der Waals surface area contributed by atoms with E-state index in [0.29, 0.717) is 0 Å². The monoisotopic (exact) mass is 218 g/mol. The molecule has 0 unspecified atom stereocenters. The molecule has 0 fully saturated rings. The number of carbonyl (C=O) groups is 1. The number of hydrogen-bond donors (Lipinski definition) is 4. The van der Waals surface area contributed by atoms with Crippen LogP contribution in [0.2, 0.25) is 0 Å². The Hall–Kier alpha value is -0.700. The minimum Gasteiger partial charge on any atom is -0.387 e. The Bertz CT molecular complexity index is 194. The molecule has 0 bridgehead atoms. The van der Waals surface area contributed by atoms with Gasteiger partial charge < -0.3 is 25.2 Å². The number of aliphatic hydroxyl groups is 4. The van der Waals surface area contributed by atoms with Crippen LogP contribution in [0, 0.1) is 0 Å². The molecule has 0 radical (unpaired) electrons. The summed E-state index contributed by atoms with van der Waals surface area (Å²) in [6, 6.07) is 0. The number of halogens is 3. The third-order valence-corrected chi connectivity index (χ3v) is 1.50. The van der Waals surface area contributed by atoms with Crippen molar-refractivity contribution in [1.82, 2.24) is 0 Å². The Morgan fingerprint density at radius 3 is 1.71 bits per heavy atom. The van der Waals surface area contributed by atoms with Crippen LogP contribution in [0.3, 0.4) is 0 Å². The molecule has 0 saturated heterocycles. The van der Waals surface area contributed by atoms with Crippen LogP contribution in [0.1, 0.15) is 0 Å². The van der Waals surface area contributed by atoms with Crippen molar-refractivity contribution in [2.45, 2.75) is 30.6 Å². The van der Waals surface area contributed by atoms with Crippen LogP contribution < -0.4 is 0 Å². The summed E-state index contributed by atoms with van der Waals surface area (Å²) in [4.78, 5) is 9.84. The molecule has 4 N–H and O–H groups in total. The Labute approximate surface area is 76.4 Å². The van der Waals surface area contributed by atoms with Gasteiger partial charge in [-0.2, -0.15) is 13.2 Å². The van der Waals surface area contributed by atoms with Gasteiger partial charge in [0.2, 0.25) is 0 Å². The van der Waals surface area contributed by atoms with E-state index >= 15 is 0 Å². The Balaban J connectivity index is 4.46. The maximum atomic E-state index is 11.7. The van der Waals surface area contributed by atoms with Gasteiger partial charge in [0, 0.05) is 0 Å². The third kappa shape index (κ3) is 3.22. The number of hydrogen-bond acceptors (Lipinski definition) is 5. The Kier molecular flexibility index (Phi) is 4.46. The summed E-state index contributed by atoms with van der Waals surface area (Å²) >= 11 is 0. The molecule has 0 amide bonds. The molecule has 0 aromatic heterocycles. The molecule has 5 nitrogen and oxygen atoms in total. The van der Waals surface area contributed by atoms with Crippen LogP contribution in [0.25, 0.3) is 0 Å². The van der Waals surface area contributed by atoms with E-state index in [1.165, 1.54) is 0 Å². The smallest absolute Gasteiger partial charge is 0.387 e. The van der Waals surface area contributed by atoms with Gasteiger partial charge in [-0.1, -0.05) is 0 Å². The zero-order chi connectivity index (χ0) is 11.5. The van der Waals surface area contributed by atoms with Crippen molar-refractivity contribution < 1.29 is 38.4 Å². The fourth-order valence-corrected chi connectivity index (χ4v) is 0.663. The second-order valence-corrected chi connectivity index (χ2v) is 2.59. The van der Waals surface area contributed by atoms with Crippen molar-refractivity contribution in [2.24, 2.45) is 0 Å². The fraction of sp³-hybridized carbons (Fsp3) is 0.833. The number of aliphatic hydroxyl groups excluding tert-OH is 4. The zero-order valence-electron chi connectivity index (χ0n) is 6.72. The molecule has 4 atom stereocenters. The first-order valence-corrected chi connectivity index (χ1v) is 3.46. The first-order valence-electron chi connectivity index (χ1n) is 3.46.